The maximum atomic E-state index is 11.2. The molecular weight excluding hydrogens is 184 g/mol. The summed E-state index contributed by atoms with van der Waals surface area (Å²) < 4.78 is 6.15. The maximum Gasteiger partial charge on any atom is 0.354 e. The highest BCUT2D eigenvalue weighted by Crippen LogP contribution is 2.12. The maximum absolute atomic E-state index is 11.2. The van der Waals surface area contributed by atoms with Gasteiger partial charge >= 0.3 is 5.97 Å². The predicted molar refractivity (Wildman–Crippen MR) is 51.9 cm³/mol. The summed E-state index contributed by atoms with van der Waals surface area (Å²) in [6.45, 7) is 1.96. The summed E-state index contributed by atoms with van der Waals surface area (Å²) in [6, 6.07) is 1.52. The summed E-state index contributed by atoms with van der Waals surface area (Å²) in [5.74, 6) is -0.456. The van der Waals surface area contributed by atoms with Gasteiger partial charge in [0, 0.05) is 12.7 Å². The minimum absolute atomic E-state index is 0.321. The Balaban J connectivity index is 2.96. The number of hydrogen-bond donors (Lipinski definition) is 2. The van der Waals surface area contributed by atoms with Crippen molar-refractivity contribution in [1.82, 2.24) is 4.57 Å². The Morgan fingerprint density at radius 1 is 1.79 bits per heavy atom. The molecule has 5 nitrogen and oxygen atoms in total. The number of hydrogen-bond acceptors (Lipinski definition) is 4. The van der Waals surface area contributed by atoms with Gasteiger partial charge in [0.2, 0.25) is 0 Å². The molecule has 14 heavy (non-hydrogen) atoms. The highest BCUT2D eigenvalue weighted by atomic mass is 16.5. The third kappa shape index (κ3) is 2.26. The van der Waals surface area contributed by atoms with Gasteiger partial charge in [-0.3, -0.25) is 0 Å². The van der Waals surface area contributed by atoms with E-state index in [0.717, 1.165) is 0 Å². The molecule has 0 saturated heterocycles. The summed E-state index contributed by atoms with van der Waals surface area (Å²) in [5, 5.41) is 9.18. The van der Waals surface area contributed by atoms with Crippen LogP contribution in [0.5, 0.6) is 0 Å². The lowest BCUT2D eigenvalue weighted by atomic mass is 10.3. The Kier molecular flexibility index (Phi) is 3.14. The number of esters is 1. The van der Waals surface area contributed by atoms with Crippen LogP contribution in [0.15, 0.2) is 12.3 Å². The number of aromatic nitrogens is 1. The van der Waals surface area contributed by atoms with Crippen molar-refractivity contribution in [2.45, 2.75) is 19.6 Å². The van der Waals surface area contributed by atoms with E-state index in [-0.39, 0.29) is 0 Å². The van der Waals surface area contributed by atoms with Gasteiger partial charge in [0.1, 0.15) is 5.69 Å². The largest absolute Gasteiger partial charge is 0.464 e. The number of nitrogens with two attached hydrogens (primary N) is 1. The fourth-order valence-corrected chi connectivity index (χ4v) is 1.24. The molecule has 0 aliphatic heterocycles. The Labute approximate surface area is 82.1 Å². The van der Waals surface area contributed by atoms with Crippen LogP contribution >= 0.6 is 0 Å². The molecule has 0 saturated carbocycles. The first-order chi connectivity index (χ1) is 6.54. The molecular formula is C9H14N2O3. The highest BCUT2D eigenvalue weighted by Gasteiger charge is 2.13. The van der Waals surface area contributed by atoms with E-state index in [1.165, 1.54) is 13.2 Å². The molecule has 0 radical (unpaired) electrons. The van der Waals surface area contributed by atoms with Gasteiger partial charge in [0.05, 0.1) is 18.9 Å². The summed E-state index contributed by atoms with van der Waals surface area (Å²) in [6.07, 6.45) is 1.06. The molecule has 1 aromatic heterocycles. The molecule has 0 aromatic carbocycles. The van der Waals surface area contributed by atoms with Crippen molar-refractivity contribution in [1.29, 1.82) is 0 Å². The second-order valence-electron chi connectivity index (χ2n) is 3.15. The van der Waals surface area contributed by atoms with Crippen molar-refractivity contribution in [2.75, 3.05) is 12.8 Å². The monoisotopic (exact) mass is 198 g/mol. The van der Waals surface area contributed by atoms with Crippen LogP contribution in [-0.2, 0) is 11.3 Å². The second-order valence-corrected chi connectivity index (χ2v) is 3.15. The number of aliphatic hydroxyl groups is 1. The topological polar surface area (TPSA) is 77.5 Å². The summed E-state index contributed by atoms with van der Waals surface area (Å²) in [5.41, 5.74) is 6.37. The molecule has 78 valence electrons. The molecule has 1 aromatic rings. The van der Waals surface area contributed by atoms with Gasteiger partial charge < -0.3 is 20.1 Å². The van der Waals surface area contributed by atoms with E-state index in [1.807, 2.05) is 0 Å². The van der Waals surface area contributed by atoms with Gasteiger partial charge in [-0.05, 0) is 13.0 Å². The molecule has 1 unspecified atom stereocenters. The molecule has 0 aliphatic rings. The lowest BCUT2D eigenvalue weighted by molar-refractivity contribution is 0.0584. The van der Waals surface area contributed by atoms with Crippen molar-refractivity contribution in [3.05, 3.63) is 18.0 Å². The first-order valence-corrected chi connectivity index (χ1v) is 4.26. The Hall–Kier alpha value is -1.49. The molecule has 5 heteroatoms. The zero-order valence-corrected chi connectivity index (χ0v) is 8.23. The zero-order chi connectivity index (χ0) is 10.7. The van der Waals surface area contributed by atoms with Crippen molar-refractivity contribution in [3.63, 3.8) is 0 Å². The lowest BCUT2D eigenvalue weighted by Crippen LogP contribution is -2.16. The van der Waals surface area contributed by atoms with Crippen LogP contribution in [0.2, 0.25) is 0 Å². The number of anilines is 1. The van der Waals surface area contributed by atoms with Crippen LogP contribution in [0.4, 0.5) is 5.69 Å². The molecule has 3 N–H and O–H groups in total. The Bertz CT molecular complexity index is 331. The van der Waals surface area contributed by atoms with Crippen molar-refractivity contribution >= 4 is 11.7 Å². The van der Waals surface area contributed by atoms with Crippen LogP contribution in [0.1, 0.15) is 17.4 Å². The van der Waals surface area contributed by atoms with Crippen LogP contribution in [0.3, 0.4) is 0 Å². The zero-order valence-electron chi connectivity index (χ0n) is 8.23. The SMILES string of the molecule is COC(=O)c1cc(N)cn1CC(C)O. The smallest absolute Gasteiger partial charge is 0.354 e. The minimum atomic E-state index is -0.537. The van der Waals surface area contributed by atoms with Gasteiger partial charge in [-0.2, -0.15) is 0 Å². The van der Waals surface area contributed by atoms with Gasteiger partial charge in [0.25, 0.3) is 0 Å². The molecule has 1 rings (SSSR count). The van der Waals surface area contributed by atoms with E-state index >= 15 is 0 Å². The average Bonchev–Trinajstić information content (AvgIpc) is 2.44. The Morgan fingerprint density at radius 2 is 2.43 bits per heavy atom. The number of rotatable bonds is 3. The average molecular weight is 198 g/mol. The molecule has 1 heterocycles. The molecule has 0 amide bonds. The third-order valence-electron chi connectivity index (χ3n) is 1.77. The number of nitrogen functional groups attached to an aromatic ring is 1. The van der Waals surface area contributed by atoms with Crippen LogP contribution in [-0.4, -0.2) is 28.9 Å². The number of carbonyl (C=O) groups is 1. The molecule has 0 bridgehead atoms. The number of ether oxygens (including phenoxy) is 1. The van der Waals surface area contributed by atoms with E-state index in [0.29, 0.717) is 17.9 Å². The van der Waals surface area contributed by atoms with Crippen molar-refractivity contribution in [2.24, 2.45) is 0 Å². The van der Waals surface area contributed by atoms with E-state index in [9.17, 15) is 9.90 Å². The van der Waals surface area contributed by atoms with E-state index < -0.39 is 12.1 Å². The van der Waals surface area contributed by atoms with Gasteiger partial charge in [-0.1, -0.05) is 0 Å². The van der Waals surface area contributed by atoms with Crippen LogP contribution in [0, 0.1) is 0 Å². The molecule has 0 aliphatic carbocycles. The van der Waals surface area contributed by atoms with Crippen LogP contribution in [0.25, 0.3) is 0 Å². The first kappa shape index (κ1) is 10.6. The Morgan fingerprint density at radius 3 is 2.93 bits per heavy atom. The molecule has 0 spiro atoms. The normalized spacial score (nSPS) is 12.5. The number of carbonyl (C=O) groups excluding carboxylic acids is 1. The fourth-order valence-electron chi connectivity index (χ4n) is 1.24. The third-order valence-corrected chi connectivity index (χ3v) is 1.77. The standard InChI is InChI=1S/C9H14N2O3/c1-6(12)4-11-5-7(10)3-8(11)9(13)14-2/h3,5-6,12H,4,10H2,1-2H3. The number of aliphatic hydroxyl groups excluding tert-OH is 1. The summed E-state index contributed by atoms with van der Waals surface area (Å²) >= 11 is 0. The van der Waals surface area contributed by atoms with E-state index in [1.54, 1.807) is 17.7 Å². The minimum Gasteiger partial charge on any atom is -0.464 e. The summed E-state index contributed by atoms with van der Waals surface area (Å²) in [4.78, 5) is 11.2. The van der Waals surface area contributed by atoms with Crippen molar-refractivity contribution < 1.29 is 14.6 Å². The van der Waals surface area contributed by atoms with Crippen LogP contribution < -0.4 is 5.73 Å². The predicted octanol–water partition coefficient (Wildman–Crippen LogP) is 0.238. The first-order valence-electron chi connectivity index (χ1n) is 4.26. The summed E-state index contributed by atoms with van der Waals surface area (Å²) in [7, 11) is 1.30. The molecule has 1 atom stereocenters. The highest BCUT2D eigenvalue weighted by molar-refractivity contribution is 5.88. The van der Waals surface area contributed by atoms with Gasteiger partial charge in [0.15, 0.2) is 0 Å². The quantitative estimate of drug-likeness (QED) is 0.682. The van der Waals surface area contributed by atoms with Crippen molar-refractivity contribution in [3.8, 4) is 0 Å². The lowest BCUT2D eigenvalue weighted by Gasteiger charge is -2.08. The van der Waals surface area contributed by atoms with Gasteiger partial charge in [-0.15, -0.1) is 0 Å². The molecule has 0 fully saturated rings. The number of nitrogens with zero attached hydrogens (tertiary/aromatic N) is 1. The van der Waals surface area contributed by atoms with Gasteiger partial charge in [-0.25, -0.2) is 4.79 Å². The second kappa shape index (κ2) is 4.15. The fraction of sp³-hybridized carbons (Fsp3) is 0.444. The van der Waals surface area contributed by atoms with E-state index in [2.05, 4.69) is 4.74 Å². The van der Waals surface area contributed by atoms with E-state index in [4.69, 9.17) is 5.73 Å². The number of methoxy groups -OCH3 is 1.